The van der Waals surface area contributed by atoms with Crippen molar-refractivity contribution >= 4 is 11.8 Å². The van der Waals surface area contributed by atoms with Crippen LogP contribution in [0, 0.1) is 0 Å². The smallest absolute Gasteiger partial charge is 0.215 e. The summed E-state index contributed by atoms with van der Waals surface area (Å²) in [7, 11) is 1.58. The molecule has 4 nitrogen and oxygen atoms in total. The number of rotatable bonds is 3. The van der Waals surface area contributed by atoms with Crippen molar-refractivity contribution in [1.82, 2.24) is 9.97 Å². The molecule has 66 valence electrons. The van der Waals surface area contributed by atoms with Gasteiger partial charge >= 0.3 is 0 Å². The largest absolute Gasteiger partial charge is 0.493 e. The zero-order valence-electron chi connectivity index (χ0n) is 6.94. The number of hydrogen-bond acceptors (Lipinski definition) is 5. The van der Waals surface area contributed by atoms with Crippen LogP contribution in [0.5, 0.6) is 5.88 Å². The number of thioether (sulfide) groups is 1. The second-order valence-corrected chi connectivity index (χ2v) is 2.91. The van der Waals surface area contributed by atoms with Crippen molar-refractivity contribution in [3.63, 3.8) is 0 Å². The van der Waals surface area contributed by atoms with Crippen LogP contribution in [0.15, 0.2) is 11.2 Å². The fraction of sp³-hybridized carbons (Fsp3) is 0.429. The van der Waals surface area contributed by atoms with Crippen molar-refractivity contribution < 1.29 is 9.84 Å². The first kappa shape index (κ1) is 9.28. The van der Waals surface area contributed by atoms with E-state index in [9.17, 15) is 0 Å². The molecule has 0 unspecified atom stereocenters. The molecule has 5 heteroatoms. The van der Waals surface area contributed by atoms with Crippen LogP contribution in [0.3, 0.4) is 0 Å². The predicted molar refractivity (Wildman–Crippen MR) is 46.2 cm³/mol. The lowest BCUT2D eigenvalue weighted by atomic mass is 10.4. The third-order valence-corrected chi connectivity index (χ3v) is 1.77. The minimum atomic E-state index is -0.0126. The van der Waals surface area contributed by atoms with Crippen molar-refractivity contribution in [1.29, 1.82) is 0 Å². The minimum absolute atomic E-state index is 0.0126. The molecule has 0 saturated heterocycles. The summed E-state index contributed by atoms with van der Waals surface area (Å²) in [6, 6.07) is 1.49. The summed E-state index contributed by atoms with van der Waals surface area (Å²) in [5.74, 6) is -0.0126. The standard InChI is InChI=1S/C7H10N2O2S/c1-11-4-5-3-6(10)9-7(8-5)12-2/h3H,4H2,1-2H3,(H,8,9,10). The third-order valence-electron chi connectivity index (χ3n) is 1.22. The van der Waals surface area contributed by atoms with Crippen molar-refractivity contribution in [2.45, 2.75) is 11.8 Å². The van der Waals surface area contributed by atoms with Gasteiger partial charge < -0.3 is 9.84 Å². The maximum absolute atomic E-state index is 9.13. The Morgan fingerprint density at radius 1 is 1.58 bits per heavy atom. The van der Waals surface area contributed by atoms with Gasteiger partial charge in [-0.3, -0.25) is 0 Å². The van der Waals surface area contributed by atoms with Crippen molar-refractivity contribution in [2.24, 2.45) is 0 Å². The van der Waals surface area contributed by atoms with Crippen molar-refractivity contribution in [2.75, 3.05) is 13.4 Å². The molecule has 1 aromatic heterocycles. The molecule has 1 N–H and O–H groups in total. The Morgan fingerprint density at radius 2 is 2.33 bits per heavy atom. The fourth-order valence-electron chi connectivity index (χ4n) is 0.773. The maximum atomic E-state index is 9.13. The summed E-state index contributed by atoms with van der Waals surface area (Å²) >= 11 is 1.39. The van der Waals surface area contributed by atoms with Gasteiger partial charge in [-0.2, -0.15) is 4.98 Å². The van der Waals surface area contributed by atoms with Gasteiger partial charge in [-0.25, -0.2) is 4.98 Å². The topological polar surface area (TPSA) is 55.2 Å². The SMILES string of the molecule is COCc1cc(O)nc(SC)n1. The van der Waals surface area contributed by atoms with Gasteiger partial charge in [0.2, 0.25) is 5.88 Å². The molecule has 1 rings (SSSR count). The van der Waals surface area contributed by atoms with E-state index in [0.717, 1.165) is 0 Å². The molecule has 1 aromatic rings. The molecule has 0 aliphatic heterocycles. The average Bonchev–Trinajstić information content (AvgIpc) is 2.04. The van der Waals surface area contributed by atoms with E-state index in [1.54, 1.807) is 7.11 Å². The molecule has 0 aromatic carbocycles. The molecule has 0 aliphatic rings. The molecule has 0 atom stereocenters. The van der Waals surface area contributed by atoms with Gasteiger partial charge in [-0.15, -0.1) is 0 Å². The van der Waals surface area contributed by atoms with Crippen LogP contribution in [-0.2, 0) is 11.3 Å². The number of aromatic nitrogens is 2. The lowest BCUT2D eigenvalue weighted by Gasteiger charge is -2.01. The first-order valence-corrected chi connectivity index (χ1v) is 4.58. The highest BCUT2D eigenvalue weighted by Gasteiger charge is 2.01. The molecule has 12 heavy (non-hydrogen) atoms. The van der Waals surface area contributed by atoms with Crippen LogP contribution in [0.1, 0.15) is 5.69 Å². The van der Waals surface area contributed by atoms with Gasteiger partial charge in [0.05, 0.1) is 12.3 Å². The molecule has 0 fully saturated rings. The van der Waals surface area contributed by atoms with Crippen LogP contribution in [0.2, 0.25) is 0 Å². The van der Waals surface area contributed by atoms with E-state index in [1.165, 1.54) is 17.8 Å². The lowest BCUT2D eigenvalue weighted by Crippen LogP contribution is -1.95. The summed E-state index contributed by atoms with van der Waals surface area (Å²) in [5.41, 5.74) is 0.689. The maximum Gasteiger partial charge on any atom is 0.215 e. The van der Waals surface area contributed by atoms with Crippen LogP contribution < -0.4 is 0 Å². The number of nitrogens with zero attached hydrogens (tertiary/aromatic N) is 2. The van der Waals surface area contributed by atoms with Crippen LogP contribution in [-0.4, -0.2) is 28.4 Å². The highest BCUT2D eigenvalue weighted by atomic mass is 32.2. The number of hydrogen-bond donors (Lipinski definition) is 1. The zero-order valence-corrected chi connectivity index (χ0v) is 7.76. The summed E-state index contributed by atoms with van der Waals surface area (Å²) in [4.78, 5) is 7.90. The summed E-state index contributed by atoms with van der Waals surface area (Å²) in [6.45, 7) is 0.392. The number of ether oxygens (including phenoxy) is 1. The van der Waals surface area contributed by atoms with Gasteiger partial charge in [0.25, 0.3) is 0 Å². The summed E-state index contributed by atoms with van der Waals surface area (Å²) in [6.07, 6.45) is 1.85. The summed E-state index contributed by atoms with van der Waals surface area (Å²) in [5, 5.41) is 9.69. The molecule has 0 aliphatic carbocycles. The van der Waals surface area contributed by atoms with Crippen molar-refractivity contribution in [3.8, 4) is 5.88 Å². The summed E-state index contributed by atoms with van der Waals surface area (Å²) < 4.78 is 4.87. The van der Waals surface area contributed by atoms with Gasteiger partial charge in [-0.1, -0.05) is 11.8 Å². The molecular formula is C7H10N2O2S. The van der Waals surface area contributed by atoms with E-state index in [4.69, 9.17) is 9.84 Å². The highest BCUT2D eigenvalue weighted by Crippen LogP contribution is 2.14. The molecule has 0 spiro atoms. The fourth-order valence-corrected chi connectivity index (χ4v) is 1.17. The predicted octanol–water partition coefficient (Wildman–Crippen LogP) is 1.05. The van der Waals surface area contributed by atoms with E-state index in [1.807, 2.05) is 6.26 Å². The van der Waals surface area contributed by atoms with Crippen LogP contribution in [0.25, 0.3) is 0 Å². The van der Waals surface area contributed by atoms with E-state index in [0.29, 0.717) is 17.5 Å². The van der Waals surface area contributed by atoms with E-state index in [2.05, 4.69) is 9.97 Å². The van der Waals surface area contributed by atoms with Crippen molar-refractivity contribution in [3.05, 3.63) is 11.8 Å². The Kier molecular flexibility index (Phi) is 3.31. The van der Waals surface area contributed by atoms with Gasteiger partial charge in [0.1, 0.15) is 0 Å². The third kappa shape index (κ3) is 2.35. The molecule has 1 heterocycles. The highest BCUT2D eigenvalue weighted by molar-refractivity contribution is 7.98. The van der Waals surface area contributed by atoms with Gasteiger partial charge in [-0.05, 0) is 6.26 Å². The normalized spacial score (nSPS) is 10.2. The van der Waals surface area contributed by atoms with Gasteiger partial charge in [0, 0.05) is 13.2 Å². The Morgan fingerprint density at radius 3 is 2.92 bits per heavy atom. The Bertz CT molecular complexity index is 268. The van der Waals surface area contributed by atoms with Crippen LogP contribution >= 0.6 is 11.8 Å². The quantitative estimate of drug-likeness (QED) is 0.565. The first-order valence-electron chi connectivity index (χ1n) is 3.36. The Balaban J connectivity index is 2.90. The second-order valence-electron chi connectivity index (χ2n) is 2.14. The lowest BCUT2D eigenvalue weighted by molar-refractivity contribution is 0.180. The first-order chi connectivity index (χ1) is 5.76. The van der Waals surface area contributed by atoms with E-state index >= 15 is 0 Å². The molecule has 0 bridgehead atoms. The Labute approximate surface area is 75.0 Å². The molecule has 0 saturated carbocycles. The minimum Gasteiger partial charge on any atom is -0.493 e. The Hall–Kier alpha value is -0.810. The van der Waals surface area contributed by atoms with Crippen LogP contribution in [0.4, 0.5) is 0 Å². The van der Waals surface area contributed by atoms with Gasteiger partial charge in [0.15, 0.2) is 5.16 Å². The van der Waals surface area contributed by atoms with E-state index < -0.39 is 0 Å². The average molecular weight is 186 g/mol. The van der Waals surface area contributed by atoms with E-state index in [-0.39, 0.29) is 5.88 Å². The molecule has 0 radical (unpaired) electrons. The second kappa shape index (κ2) is 4.27. The monoisotopic (exact) mass is 186 g/mol. The molecular weight excluding hydrogens is 176 g/mol. The molecule has 0 amide bonds. The number of aromatic hydroxyl groups is 1. The zero-order chi connectivity index (χ0) is 8.97. The number of methoxy groups -OCH3 is 1.